The summed E-state index contributed by atoms with van der Waals surface area (Å²) in [5.41, 5.74) is 6.88. The van der Waals surface area contributed by atoms with Gasteiger partial charge in [0.1, 0.15) is 6.10 Å². The van der Waals surface area contributed by atoms with Gasteiger partial charge in [-0.2, -0.15) is 0 Å². The van der Waals surface area contributed by atoms with Crippen molar-refractivity contribution in [1.29, 1.82) is 0 Å². The third kappa shape index (κ3) is 2.92. The predicted molar refractivity (Wildman–Crippen MR) is 82.3 cm³/mol. The van der Waals surface area contributed by atoms with Crippen LogP contribution < -0.4 is 5.73 Å². The Balaban J connectivity index is 1.58. The van der Waals surface area contributed by atoms with E-state index in [0.717, 1.165) is 12.8 Å². The molecule has 0 aromatic heterocycles. The van der Waals surface area contributed by atoms with Crippen molar-refractivity contribution in [3.8, 4) is 0 Å². The molecule has 2 aliphatic heterocycles. The summed E-state index contributed by atoms with van der Waals surface area (Å²) in [5, 5.41) is 0. The van der Waals surface area contributed by atoms with Crippen LogP contribution >= 0.6 is 0 Å². The molecule has 22 heavy (non-hydrogen) atoms. The second-order valence-corrected chi connectivity index (χ2v) is 5.71. The molecule has 2 heterocycles. The molecule has 2 saturated heterocycles. The van der Waals surface area contributed by atoms with E-state index in [-0.39, 0.29) is 17.9 Å². The molecule has 0 radical (unpaired) electrons. The summed E-state index contributed by atoms with van der Waals surface area (Å²) in [6, 6.07) is 7.08. The van der Waals surface area contributed by atoms with E-state index in [2.05, 4.69) is 0 Å². The Morgan fingerprint density at radius 1 is 1.09 bits per heavy atom. The van der Waals surface area contributed by atoms with Crippen molar-refractivity contribution in [2.24, 2.45) is 0 Å². The van der Waals surface area contributed by atoms with Crippen LogP contribution in [0.4, 0.5) is 5.69 Å². The first-order valence-corrected chi connectivity index (χ1v) is 7.71. The first-order valence-electron chi connectivity index (χ1n) is 7.71. The number of ether oxygens (including phenoxy) is 1. The highest BCUT2D eigenvalue weighted by molar-refractivity contribution is 5.99. The summed E-state index contributed by atoms with van der Waals surface area (Å²) in [6.07, 6.45) is 1.47. The lowest BCUT2D eigenvalue weighted by molar-refractivity contribution is -0.142. The number of rotatable bonds is 2. The second kappa shape index (κ2) is 6.36. The van der Waals surface area contributed by atoms with Crippen LogP contribution in [0.15, 0.2) is 24.3 Å². The van der Waals surface area contributed by atoms with Crippen molar-refractivity contribution in [2.75, 3.05) is 38.5 Å². The van der Waals surface area contributed by atoms with Gasteiger partial charge in [-0.25, -0.2) is 0 Å². The molecule has 3 rings (SSSR count). The average molecular weight is 303 g/mol. The van der Waals surface area contributed by atoms with Crippen LogP contribution in [0.25, 0.3) is 0 Å². The van der Waals surface area contributed by atoms with E-state index >= 15 is 0 Å². The predicted octanol–water partition coefficient (Wildman–Crippen LogP) is 0.732. The van der Waals surface area contributed by atoms with Gasteiger partial charge in [0.25, 0.3) is 11.8 Å². The van der Waals surface area contributed by atoms with Gasteiger partial charge in [0.15, 0.2) is 0 Å². The zero-order valence-electron chi connectivity index (χ0n) is 12.5. The van der Waals surface area contributed by atoms with E-state index in [1.807, 2.05) is 6.07 Å². The molecule has 6 nitrogen and oxygen atoms in total. The number of piperazine rings is 1. The summed E-state index contributed by atoms with van der Waals surface area (Å²) in [7, 11) is 0. The average Bonchev–Trinajstić information content (AvgIpc) is 3.09. The van der Waals surface area contributed by atoms with E-state index in [1.165, 1.54) is 0 Å². The van der Waals surface area contributed by atoms with Gasteiger partial charge in [0.05, 0.1) is 5.56 Å². The van der Waals surface area contributed by atoms with Crippen molar-refractivity contribution in [3.63, 3.8) is 0 Å². The van der Waals surface area contributed by atoms with Crippen LogP contribution in [0, 0.1) is 0 Å². The van der Waals surface area contributed by atoms with E-state index in [0.29, 0.717) is 44.0 Å². The molecule has 6 heteroatoms. The summed E-state index contributed by atoms with van der Waals surface area (Å²) in [4.78, 5) is 28.3. The maximum Gasteiger partial charge on any atom is 0.256 e. The Labute approximate surface area is 129 Å². The number of nitrogen functional groups attached to an aromatic ring is 1. The quantitative estimate of drug-likeness (QED) is 0.817. The van der Waals surface area contributed by atoms with Gasteiger partial charge in [-0.15, -0.1) is 0 Å². The summed E-state index contributed by atoms with van der Waals surface area (Å²) in [6.45, 7) is 2.84. The minimum absolute atomic E-state index is 0.0591. The molecule has 0 aliphatic carbocycles. The van der Waals surface area contributed by atoms with Crippen LogP contribution in [0.1, 0.15) is 23.2 Å². The minimum atomic E-state index is -0.285. The fourth-order valence-electron chi connectivity index (χ4n) is 2.97. The lowest BCUT2D eigenvalue weighted by atomic mass is 10.1. The van der Waals surface area contributed by atoms with Crippen molar-refractivity contribution in [3.05, 3.63) is 29.8 Å². The highest BCUT2D eigenvalue weighted by Gasteiger charge is 2.31. The topological polar surface area (TPSA) is 75.9 Å². The Morgan fingerprint density at radius 3 is 2.41 bits per heavy atom. The third-order valence-corrected chi connectivity index (χ3v) is 4.27. The van der Waals surface area contributed by atoms with E-state index in [1.54, 1.807) is 28.0 Å². The molecule has 2 aliphatic rings. The first kappa shape index (κ1) is 14.8. The highest BCUT2D eigenvalue weighted by atomic mass is 16.5. The standard InChI is InChI=1S/C16H21N3O3/c17-13-5-2-1-4-12(13)15(20)18-7-9-19(10-8-18)16(21)14-6-3-11-22-14/h1-2,4-5,14H,3,6-11,17H2. The summed E-state index contributed by atoms with van der Waals surface area (Å²) in [5.74, 6) is -0.00820. The zero-order valence-corrected chi connectivity index (χ0v) is 12.5. The fraction of sp³-hybridized carbons (Fsp3) is 0.500. The van der Waals surface area contributed by atoms with Crippen LogP contribution in [0.5, 0.6) is 0 Å². The van der Waals surface area contributed by atoms with Crippen LogP contribution in [-0.2, 0) is 9.53 Å². The Morgan fingerprint density at radius 2 is 1.77 bits per heavy atom. The van der Waals surface area contributed by atoms with E-state index < -0.39 is 0 Å². The first-order chi connectivity index (χ1) is 10.7. The molecule has 1 atom stereocenters. The Bertz CT molecular complexity index is 562. The van der Waals surface area contributed by atoms with Crippen molar-refractivity contribution >= 4 is 17.5 Å². The van der Waals surface area contributed by atoms with Crippen LogP contribution in [-0.4, -0.2) is 60.5 Å². The van der Waals surface area contributed by atoms with Crippen LogP contribution in [0.2, 0.25) is 0 Å². The van der Waals surface area contributed by atoms with Gasteiger partial charge < -0.3 is 20.3 Å². The van der Waals surface area contributed by atoms with Gasteiger partial charge in [-0.1, -0.05) is 12.1 Å². The molecule has 2 N–H and O–H groups in total. The molecule has 0 saturated carbocycles. The third-order valence-electron chi connectivity index (χ3n) is 4.27. The molecule has 1 aromatic carbocycles. The van der Waals surface area contributed by atoms with Crippen molar-refractivity contribution in [1.82, 2.24) is 9.80 Å². The number of nitrogens with zero attached hydrogens (tertiary/aromatic N) is 2. The van der Waals surface area contributed by atoms with E-state index in [9.17, 15) is 9.59 Å². The molecular formula is C16H21N3O3. The SMILES string of the molecule is Nc1ccccc1C(=O)N1CCN(C(=O)C2CCCO2)CC1. The number of hydrogen-bond donors (Lipinski definition) is 1. The smallest absolute Gasteiger partial charge is 0.256 e. The molecule has 2 fully saturated rings. The Hall–Kier alpha value is -2.08. The van der Waals surface area contributed by atoms with Crippen molar-refractivity contribution in [2.45, 2.75) is 18.9 Å². The highest BCUT2D eigenvalue weighted by Crippen LogP contribution is 2.18. The number of amides is 2. The van der Waals surface area contributed by atoms with Gasteiger partial charge in [0.2, 0.25) is 0 Å². The Kier molecular flexibility index (Phi) is 4.29. The molecule has 0 bridgehead atoms. The number of nitrogens with two attached hydrogens (primary N) is 1. The number of carbonyl (C=O) groups is 2. The van der Waals surface area contributed by atoms with Gasteiger partial charge >= 0.3 is 0 Å². The largest absolute Gasteiger partial charge is 0.398 e. The second-order valence-electron chi connectivity index (χ2n) is 5.71. The summed E-state index contributed by atoms with van der Waals surface area (Å²) >= 11 is 0. The summed E-state index contributed by atoms with van der Waals surface area (Å²) < 4.78 is 5.44. The fourth-order valence-corrected chi connectivity index (χ4v) is 2.97. The normalized spacial score (nSPS) is 21.9. The number of para-hydroxylation sites is 1. The van der Waals surface area contributed by atoms with Crippen LogP contribution in [0.3, 0.4) is 0 Å². The molecule has 0 spiro atoms. The number of anilines is 1. The number of hydrogen-bond acceptors (Lipinski definition) is 4. The molecule has 1 unspecified atom stereocenters. The van der Waals surface area contributed by atoms with Gasteiger partial charge in [-0.05, 0) is 25.0 Å². The zero-order chi connectivity index (χ0) is 15.5. The lowest BCUT2D eigenvalue weighted by Crippen LogP contribution is -2.52. The monoisotopic (exact) mass is 303 g/mol. The van der Waals surface area contributed by atoms with Gasteiger partial charge in [-0.3, -0.25) is 9.59 Å². The molecule has 2 amide bonds. The number of benzene rings is 1. The molecular weight excluding hydrogens is 282 g/mol. The van der Waals surface area contributed by atoms with Crippen molar-refractivity contribution < 1.29 is 14.3 Å². The minimum Gasteiger partial charge on any atom is -0.398 e. The van der Waals surface area contributed by atoms with E-state index in [4.69, 9.17) is 10.5 Å². The number of carbonyl (C=O) groups excluding carboxylic acids is 2. The van der Waals surface area contributed by atoms with Gasteiger partial charge in [0, 0.05) is 38.5 Å². The maximum atomic E-state index is 12.5. The lowest BCUT2D eigenvalue weighted by Gasteiger charge is -2.35. The maximum absolute atomic E-state index is 12.5. The molecule has 118 valence electrons. The molecule has 1 aromatic rings.